The average molecular weight is 511 g/mol. The summed E-state index contributed by atoms with van der Waals surface area (Å²) in [5, 5.41) is 11.2. The highest BCUT2D eigenvalue weighted by atomic mass is 32.2. The molecule has 4 N–H and O–H groups in total. The maximum Gasteiger partial charge on any atom is 0.293 e. The molecule has 0 atom stereocenters. The zero-order chi connectivity index (χ0) is 25.9. The molecule has 0 bridgehead atoms. The number of nitrogen functional groups attached to an aromatic ring is 1. The van der Waals surface area contributed by atoms with Crippen LogP contribution in [0.3, 0.4) is 0 Å². The summed E-state index contributed by atoms with van der Waals surface area (Å²) >= 11 is 0. The van der Waals surface area contributed by atoms with E-state index in [-0.39, 0.29) is 39.4 Å². The van der Waals surface area contributed by atoms with Crippen LogP contribution in [0.15, 0.2) is 64.5 Å². The SMILES string of the molecule is CCCOc1ccc(S(=O)(=O)NCc2ccncc2)cc1-c1nc2cc(N)c([N+](=O)[O-])cc2c(=O)[nH]1. The fourth-order valence-corrected chi connectivity index (χ4v) is 4.48. The van der Waals surface area contributed by atoms with Crippen LogP contribution in [0.25, 0.3) is 22.3 Å². The maximum absolute atomic E-state index is 13.0. The van der Waals surface area contributed by atoms with Gasteiger partial charge in [-0.15, -0.1) is 0 Å². The molecule has 0 saturated carbocycles. The third-order valence-electron chi connectivity index (χ3n) is 5.24. The van der Waals surface area contributed by atoms with Gasteiger partial charge in [-0.2, -0.15) is 0 Å². The normalized spacial score (nSPS) is 11.5. The lowest BCUT2D eigenvalue weighted by atomic mass is 10.1. The van der Waals surface area contributed by atoms with Crippen molar-refractivity contribution >= 4 is 32.3 Å². The fraction of sp³-hybridized carbons (Fsp3) is 0.174. The fourth-order valence-electron chi connectivity index (χ4n) is 3.44. The van der Waals surface area contributed by atoms with Gasteiger partial charge in [0, 0.05) is 25.0 Å². The van der Waals surface area contributed by atoms with Gasteiger partial charge in [-0.1, -0.05) is 6.92 Å². The van der Waals surface area contributed by atoms with Crippen LogP contribution in [-0.2, 0) is 16.6 Å². The molecule has 0 aliphatic rings. The van der Waals surface area contributed by atoms with Crippen LogP contribution in [0.2, 0.25) is 0 Å². The first-order valence-electron chi connectivity index (χ1n) is 10.8. The van der Waals surface area contributed by atoms with Crippen LogP contribution >= 0.6 is 0 Å². The summed E-state index contributed by atoms with van der Waals surface area (Å²) in [6.45, 7) is 2.31. The van der Waals surface area contributed by atoms with Crippen LogP contribution in [0.5, 0.6) is 5.75 Å². The van der Waals surface area contributed by atoms with Crippen molar-refractivity contribution in [3.05, 3.63) is 80.9 Å². The van der Waals surface area contributed by atoms with Crippen LogP contribution in [0, 0.1) is 10.1 Å². The van der Waals surface area contributed by atoms with E-state index in [4.69, 9.17) is 10.5 Å². The quantitative estimate of drug-likeness (QED) is 0.173. The Balaban J connectivity index is 1.80. The number of sulfonamides is 1. The van der Waals surface area contributed by atoms with E-state index in [0.29, 0.717) is 18.8 Å². The summed E-state index contributed by atoms with van der Waals surface area (Å²) in [4.78, 5) is 34.1. The minimum Gasteiger partial charge on any atom is -0.493 e. The van der Waals surface area contributed by atoms with Crippen LogP contribution in [0.1, 0.15) is 18.9 Å². The minimum absolute atomic E-state index is 0.0260. The zero-order valence-electron chi connectivity index (χ0n) is 19.1. The molecule has 12 nitrogen and oxygen atoms in total. The zero-order valence-corrected chi connectivity index (χ0v) is 19.9. The molecule has 36 heavy (non-hydrogen) atoms. The molecule has 0 unspecified atom stereocenters. The predicted molar refractivity (Wildman–Crippen MR) is 133 cm³/mol. The van der Waals surface area contributed by atoms with Gasteiger partial charge in [0.1, 0.15) is 17.3 Å². The number of aromatic amines is 1. The molecule has 2 aromatic carbocycles. The minimum atomic E-state index is -3.94. The van der Waals surface area contributed by atoms with Crippen molar-refractivity contribution in [2.45, 2.75) is 24.8 Å². The standard InChI is InChI=1S/C23H22N6O6S/c1-2-9-35-21-4-3-15(36(33,34)26-13-14-5-7-25-8-6-14)10-17(21)22-27-19-12-18(24)20(29(31)32)11-16(19)23(30)28-22/h3-8,10-12,26H,2,9,13,24H2,1H3,(H,27,28,30). The van der Waals surface area contributed by atoms with Crippen molar-refractivity contribution in [1.82, 2.24) is 19.7 Å². The number of nitrogens with zero attached hydrogens (tertiary/aromatic N) is 3. The van der Waals surface area contributed by atoms with E-state index in [2.05, 4.69) is 19.7 Å². The second-order valence-corrected chi connectivity index (χ2v) is 9.55. The van der Waals surface area contributed by atoms with Gasteiger partial charge in [-0.05, 0) is 48.4 Å². The van der Waals surface area contributed by atoms with E-state index in [1.807, 2.05) is 6.92 Å². The third kappa shape index (κ3) is 5.16. The highest BCUT2D eigenvalue weighted by Gasteiger charge is 2.21. The lowest BCUT2D eigenvalue weighted by Crippen LogP contribution is -2.23. The van der Waals surface area contributed by atoms with E-state index in [0.717, 1.165) is 11.6 Å². The van der Waals surface area contributed by atoms with Gasteiger partial charge >= 0.3 is 0 Å². The molecule has 0 radical (unpaired) electrons. The topological polar surface area (TPSA) is 183 Å². The first-order chi connectivity index (χ1) is 17.2. The molecule has 13 heteroatoms. The van der Waals surface area contributed by atoms with E-state index in [1.54, 1.807) is 24.5 Å². The Bertz CT molecular complexity index is 1610. The Hall–Kier alpha value is -4.36. The molecule has 0 aliphatic carbocycles. The summed E-state index contributed by atoms with van der Waals surface area (Å²) < 4.78 is 34.3. The monoisotopic (exact) mass is 510 g/mol. The number of anilines is 1. The van der Waals surface area contributed by atoms with Gasteiger partial charge in [0.25, 0.3) is 11.2 Å². The number of nitrogens with one attached hydrogen (secondary N) is 2. The summed E-state index contributed by atoms with van der Waals surface area (Å²) in [7, 11) is -3.94. The third-order valence-corrected chi connectivity index (χ3v) is 6.64. The molecule has 0 amide bonds. The largest absolute Gasteiger partial charge is 0.493 e. The molecule has 0 spiro atoms. The van der Waals surface area contributed by atoms with E-state index >= 15 is 0 Å². The lowest BCUT2D eigenvalue weighted by molar-refractivity contribution is -0.383. The van der Waals surface area contributed by atoms with Crippen molar-refractivity contribution in [2.24, 2.45) is 0 Å². The second-order valence-electron chi connectivity index (χ2n) is 7.79. The maximum atomic E-state index is 13.0. The number of H-pyrrole nitrogens is 1. The van der Waals surface area contributed by atoms with Crippen LogP contribution in [0.4, 0.5) is 11.4 Å². The number of nitrogens with two attached hydrogens (primary N) is 1. The van der Waals surface area contributed by atoms with Crippen LogP contribution in [-0.4, -0.2) is 34.9 Å². The first-order valence-corrected chi connectivity index (χ1v) is 12.3. The number of hydrogen-bond donors (Lipinski definition) is 3. The molecular formula is C23H22N6O6S. The Morgan fingerprint density at radius 3 is 2.61 bits per heavy atom. The Morgan fingerprint density at radius 2 is 1.92 bits per heavy atom. The number of ether oxygens (including phenoxy) is 1. The second kappa shape index (κ2) is 10.1. The highest BCUT2D eigenvalue weighted by molar-refractivity contribution is 7.89. The van der Waals surface area contributed by atoms with E-state index in [1.165, 1.54) is 24.3 Å². The van der Waals surface area contributed by atoms with Gasteiger partial charge in [0.05, 0.1) is 32.9 Å². The number of benzene rings is 2. The van der Waals surface area contributed by atoms with E-state index in [9.17, 15) is 23.3 Å². The summed E-state index contributed by atoms with van der Waals surface area (Å²) in [5.74, 6) is 0.334. The van der Waals surface area contributed by atoms with Crippen molar-refractivity contribution < 1.29 is 18.1 Å². The van der Waals surface area contributed by atoms with Gasteiger partial charge in [0.2, 0.25) is 10.0 Å². The van der Waals surface area contributed by atoms with Crippen molar-refractivity contribution in [3.63, 3.8) is 0 Å². The summed E-state index contributed by atoms with van der Waals surface area (Å²) in [6.07, 6.45) is 3.81. The van der Waals surface area contributed by atoms with Crippen molar-refractivity contribution in [1.29, 1.82) is 0 Å². The van der Waals surface area contributed by atoms with Gasteiger partial charge in [-0.3, -0.25) is 19.9 Å². The Labute approximate surface area is 205 Å². The first kappa shape index (κ1) is 24.8. The molecule has 2 heterocycles. The molecular weight excluding hydrogens is 488 g/mol. The molecule has 0 fully saturated rings. The average Bonchev–Trinajstić information content (AvgIpc) is 2.86. The molecule has 186 valence electrons. The molecule has 4 rings (SSSR count). The number of nitro benzene ring substituents is 1. The lowest BCUT2D eigenvalue weighted by Gasteiger charge is -2.14. The number of fused-ring (bicyclic) bond motifs is 1. The Morgan fingerprint density at radius 1 is 1.17 bits per heavy atom. The van der Waals surface area contributed by atoms with E-state index < -0.39 is 26.2 Å². The van der Waals surface area contributed by atoms with Crippen molar-refractivity contribution in [3.8, 4) is 17.1 Å². The summed E-state index contributed by atoms with van der Waals surface area (Å²) in [6, 6.07) is 9.89. The van der Waals surface area contributed by atoms with Crippen LogP contribution < -0.4 is 20.8 Å². The number of nitro groups is 1. The molecule has 4 aromatic rings. The number of aromatic nitrogens is 3. The molecule has 0 aliphatic heterocycles. The molecule has 0 saturated heterocycles. The predicted octanol–water partition coefficient (Wildman–Crippen LogP) is 2.74. The number of pyridine rings is 1. The van der Waals surface area contributed by atoms with Crippen molar-refractivity contribution in [2.75, 3.05) is 12.3 Å². The van der Waals surface area contributed by atoms with Gasteiger partial charge in [0.15, 0.2) is 0 Å². The number of rotatable bonds is 9. The molecule has 2 aromatic heterocycles. The smallest absolute Gasteiger partial charge is 0.293 e. The van der Waals surface area contributed by atoms with Gasteiger partial charge in [-0.25, -0.2) is 18.1 Å². The van der Waals surface area contributed by atoms with Gasteiger partial charge < -0.3 is 15.5 Å². The number of hydrogen-bond acceptors (Lipinski definition) is 9. The summed E-state index contributed by atoms with van der Waals surface area (Å²) in [5.41, 5.74) is 5.62. The highest BCUT2D eigenvalue weighted by Crippen LogP contribution is 2.32. The Kier molecular flexibility index (Phi) is 6.94.